The van der Waals surface area contributed by atoms with Crippen molar-refractivity contribution in [3.05, 3.63) is 35.4 Å². The Morgan fingerprint density at radius 2 is 2.00 bits per heavy atom. The highest BCUT2D eigenvalue weighted by Crippen LogP contribution is 2.30. The summed E-state index contributed by atoms with van der Waals surface area (Å²) < 4.78 is 26.6. The number of aliphatic hydroxyl groups is 1. The molecule has 0 saturated heterocycles. The van der Waals surface area contributed by atoms with E-state index >= 15 is 0 Å². The maximum absolute atomic E-state index is 13.7. The molecule has 2 N–H and O–H groups in total. The Labute approximate surface area is 129 Å². The second-order valence-corrected chi connectivity index (χ2v) is 6.33. The fraction of sp³-hybridized carbons (Fsp3) is 0.588. The first kappa shape index (κ1) is 16.9. The minimum atomic E-state index is -0.896. The monoisotopic (exact) mass is 311 g/mol. The summed E-state index contributed by atoms with van der Waals surface area (Å²) in [6.07, 6.45) is 4.39. The molecule has 2 rings (SSSR count). The number of hydrogen-bond donors (Lipinski definition) is 2. The van der Waals surface area contributed by atoms with Crippen molar-refractivity contribution in [3.8, 4) is 0 Å². The molecular formula is C17H23F2NO2. The number of rotatable bonds is 5. The zero-order valence-electron chi connectivity index (χ0n) is 12.9. The highest BCUT2D eigenvalue weighted by molar-refractivity contribution is 5.77. The summed E-state index contributed by atoms with van der Waals surface area (Å²) in [5.41, 5.74) is -0.523. The lowest BCUT2D eigenvalue weighted by Gasteiger charge is -2.31. The zero-order valence-corrected chi connectivity index (χ0v) is 12.9. The van der Waals surface area contributed by atoms with E-state index in [0.29, 0.717) is 18.4 Å². The molecule has 1 aliphatic carbocycles. The number of nitrogens with one attached hydrogen (secondary N) is 1. The molecule has 5 heteroatoms. The summed E-state index contributed by atoms with van der Waals surface area (Å²) >= 11 is 0. The minimum Gasteiger partial charge on any atom is -0.389 e. The molecule has 3 nitrogen and oxygen atoms in total. The second-order valence-electron chi connectivity index (χ2n) is 6.33. The van der Waals surface area contributed by atoms with Crippen LogP contribution in [0.5, 0.6) is 0 Å². The van der Waals surface area contributed by atoms with Gasteiger partial charge in [0.05, 0.1) is 12.0 Å². The normalized spacial score (nSPS) is 18.7. The van der Waals surface area contributed by atoms with Crippen LogP contribution in [0.2, 0.25) is 0 Å². The second kappa shape index (κ2) is 7.18. The predicted octanol–water partition coefficient (Wildman–Crippen LogP) is 3.27. The molecule has 0 aliphatic heterocycles. The van der Waals surface area contributed by atoms with Crippen LogP contribution in [-0.4, -0.2) is 23.2 Å². The van der Waals surface area contributed by atoms with Crippen molar-refractivity contribution in [3.63, 3.8) is 0 Å². The summed E-state index contributed by atoms with van der Waals surface area (Å²) in [5.74, 6) is -1.70. The average molecular weight is 311 g/mol. The molecule has 1 amide bonds. The number of hydrogen-bond acceptors (Lipinski definition) is 2. The summed E-state index contributed by atoms with van der Waals surface area (Å²) in [5, 5.41) is 13.1. The molecule has 0 aromatic heterocycles. The molecule has 1 saturated carbocycles. The third-order valence-electron chi connectivity index (χ3n) is 4.37. The molecule has 0 spiro atoms. The molecule has 122 valence electrons. The Morgan fingerprint density at radius 3 is 2.64 bits per heavy atom. The van der Waals surface area contributed by atoms with Crippen molar-refractivity contribution in [2.75, 3.05) is 6.54 Å². The van der Waals surface area contributed by atoms with Gasteiger partial charge < -0.3 is 10.4 Å². The SMILES string of the molecule is CC(CNC(=O)CC1(O)CCCCC1)c1ccc(F)cc1F. The van der Waals surface area contributed by atoms with E-state index in [0.717, 1.165) is 25.3 Å². The van der Waals surface area contributed by atoms with Crippen LogP contribution in [0.15, 0.2) is 18.2 Å². The summed E-state index contributed by atoms with van der Waals surface area (Å²) in [6.45, 7) is 2.03. The number of halogens is 2. The van der Waals surface area contributed by atoms with Gasteiger partial charge in [0.15, 0.2) is 0 Å². The topological polar surface area (TPSA) is 49.3 Å². The molecule has 1 atom stereocenters. The quantitative estimate of drug-likeness (QED) is 0.877. The predicted molar refractivity (Wildman–Crippen MR) is 80.4 cm³/mol. The van der Waals surface area contributed by atoms with Gasteiger partial charge in [-0.15, -0.1) is 0 Å². The van der Waals surface area contributed by atoms with Crippen molar-refractivity contribution in [1.29, 1.82) is 0 Å². The molecule has 0 bridgehead atoms. The molecule has 1 fully saturated rings. The summed E-state index contributed by atoms with van der Waals surface area (Å²) in [6, 6.07) is 3.45. The van der Waals surface area contributed by atoms with Gasteiger partial charge in [0, 0.05) is 18.5 Å². The number of carbonyl (C=O) groups is 1. The van der Waals surface area contributed by atoms with E-state index in [9.17, 15) is 18.7 Å². The Morgan fingerprint density at radius 1 is 1.32 bits per heavy atom. The van der Waals surface area contributed by atoms with Crippen LogP contribution in [-0.2, 0) is 4.79 Å². The average Bonchev–Trinajstić information content (AvgIpc) is 2.45. The lowest BCUT2D eigenvalue weighted by atomic mass is 9.82. The van der Waals surface area contributed by atoms with Gasteiger partial charge in [-0.1, -0.05) is 32.3 Å². The van der Waals surface area contributed by atoms with Gasteiger partial charge in [0.1, 0.15) is 11.6 Å². The number of amides is 1. The first-order valence-electron chi connectivity index (χ1n) is 7.84. The lowest BCUT2D eigenvalue weighted by molar-refractivity contribution is -0.127. The molecule has 0 heterocycles. The third-order valence-corrected chi connectivity index (χ3v) is 4.37. The van der Waals surface area contributed by atoms with Crippen LogP contribution < -0.4 is 5.32 Å². The Hall–Kier alpha value is -1.49. The Balaban J connectivity index is 1.85. The largest absolute Gasteiger partial charge is 0.389 e. The zero-order chi connectivity index (χ0) is 16.2. The first-order valence-corrected chi connectivity index (χ1v) is 7.84. The van der Waals surface area contributed by atoms with E-state index in [2.05, 4.69) is 5.32 Å². The first-order chi connectivity index (χ1) is 10.4. The van der Waals surface area contributed by atoms with Crippen LogP contribution in [0.25, 0.3) is 0 Å². The van der Waals surface area contributed by atoms with E-state index in [1.54, 1.807) is 6.92 Å². The molecule has 22 heavy (non-hydrogen) atoms. The maximum Gasteiger partial charge on any atom is 0.222 e. The van der Waals surface area contributed by atoms with Crippen LogP contribution >= 0.6 is 0 Å². The summed E-state index contributed by atoms with van der Waals surface area (Å²) in [4.78, 5) is 12.0. The van der Waals surface area contributed by atoms with E-state index in [1.807, 2.05) is 0 Å². The highest BCUT2D eigenvalue weighted by atomic mass is 19.1. The number of carbonyl (C=O) groups excluding carboxylic acids is 1. The fourth-order valence-electron chi connectivity index (χ4n) is 3.03. The van der Waals surface area contributed by atoms with Gasteiger partial charge in [-0.3, -0.25) is 4.79 Å². The van der Waals surface area contributed by atoms with Crippen LogP contribution in [0, 0.1) is 11.6 Å². The molecule has 1 aromatic rings. The van der Waals surface area contributed by atoms with Gasteiger partial charge in [0.25, 0.3) is 0 Å². The van der Waals surface area contributed by atoms with Gasteiger partial charge >= 0.3 is 0 Å². The van der Waals surface area contributed by atoms with Crippen LogP contribution in [0.3, 0.4) is 0 Å². The molecule has 0 radical (unpaired) electrons. The standard InChI is InChI=1S/C17H23F2NO2/c1-12(14-6-5-13(18)9-15(14)19)11-20-16(21)10-17(22)7-3-2-4-8-17/h5-6,9,12,22H,2-4,7-8,10-11H2,1H3,(H,20,21). The Bertz CT molecular complexity index is 527. The van der Waals surface area contributed by atoms with Gasteiger partial charge in [0.2, 0.25) is 5.91 Å². The van der Waals surface area contributed by atoms with Crippen LogP contribution in [0.1, 0.15) is 56.9 Å². The lowest BCUT2D eigenvalue weighted by Crippen LogP contribution is -2.39. The van der Waals surface area contributed by atoms with Crippen molar-refractivity contribution in [2.45, 2.75) is 57.0 Å². The molecular weight excluding hydrogens is 288 g/mol. The van der Waals surface area contributed by atoms with Crippen molar-refractivity contribution in [2.24, 2.45) is 0 Å². The molecule has 1 aromatic carbocycles. The van der Waals surface area contributed by atoms with Gasteiger partial charge in [-0.05, 0) is 24.5 Å². The third kappa shape index (κ3) is 4.50. The van der Waals surface area contributed by atoms with Crippen molar-refractivity contribution >= 4 is 5.91 Å². The molecule has 1 aliphatic rings. The van der Waals surface area contributed by atoms with E-state index in [-0.39, 0.29) is 24.8 Å². The van der Waals surface area contributed by atoms with Crippen LogP contribution in [0.4, 0.5) is 8.78 Å². The smallest absolute Gasteiger partial charge is 0.222 e. The summed E-state index contributed by atoms with van der Waals surface area (Å²) in [7, 11) is 0. The maximum atomic E-state index is 13.7. The van der Waals surface area contributed by atoms with E-state index in [1.165, 1.54) is 12.1 Å². The van der Waals surface area contributed by atoms with Crippen molar-refractivity contribution < 1.29 is 18.7 Å². The van der Waals surface area contributed by atoms with E-state index in [4.69, 9.17) is 0 Å². The fourth-order valence-corrected chi connectivity index (χ4v) is 3.03. The highest BCUT2D eigenvalue weighted by Gasteiger charge is 2.31. The van der Waals surface area contributed by atoms with Gasteiger partial charge in [-0.2, -0.15) is 0 Å². The Kier molecular flexibility index (Phi) is 5.51. The number of benzene rings is 1. The molecule has 1 unspecified atom stereocenters. The van der Waals surface area contributed by atoms with Crippen molar-refractivity contribution in [1.82, 2.24) is 5.32 Å². The van der Waals surface area contributed by atoms with Gasteiger partial charge in [-0.25, -0.2) is 8.78 Å². The van der Waals surface area contributed by atoms with E-state index < -0.39 is 17.2 Å². The minimum absolute atomic E-state index is 0.0889.